The third kappa shape index (κ3) is 3.06. The molecule has 0 bridgehead atoms. The summed E-state index contributed by atoms with van der Waals surface area (Å²) in [6.45, 7) is 0.675. The van der Waals surface area contributed by atoms with E-state index in [4.69, 9.17) is 9.84 Å². The summed E-state index contributed by atoms with van der Waals surface area (Å²) in [6, 6.07) is 3.27. The van der Waals surface area contributed by atoms with E-state index >= 15 is 0 Å². The highest BCUT2D eigenvalue weighted by atomic mass is 19.1. The highest BCUT2D eigenvalue weighted by Crippen LogP contribution is 2.41. The Bertz CT molecular complexity index is 643. The number of carbonyl (C=O) groups is 2. The number of hydrogen-bond donors (Lipinski definition) is 2. The Kier molecular flexibility index (Phi) is 4.06. The van der Waals surface area contributed by atoms with E-state index in [-0.39, 0.29) is 5.56 Å². The molecule has 1 aliphatic carbocycles. The van der Waals surface area contributed by atoms with Crippen LogP contribution in [0.3, 0.4) is 0 Å². The Balaban J connectivity index is 1.85. The summed E-state index contributed by atoms with van der Waals surface area (Å²) in [6.07, 6.45) is 0.997. The first kappa shape index (κ1) is 15.9. The van der Waals surface area contributed by atoms with Crippen molar-refractivity contribution in [1.82, 2.24) is 5.32 Å². The molecule has 1 heterocycles. The first-order valence-electron chi connectivity index (χ1n) is 7.51. The second-order valence-corrected chi connectivity index (χ2v) is 6.09. The lowest BCUT2D eigenvalue weighted by atomic mass is 9.82. The average molecular weight is 325 g/mol. The van der Waals surface area contributed by atoms with E-state index in [0.717, 1.165) is 12.1 Å². The van der Waals surface area contributed by atoms with Crippen LogP contribution >= 0.6 is 0 Å². The Morgan fingerprint density at radius 1 is 1.22 bits per heavy atom. The van der Waals surface area contributed by atoms with Crippen molar-refractivity contribution in [3.63, 3.8) is 0 Å². The molecule has 2 N–H and O–H groups in total. The van der Waals surface area contributed by atoms with E-state index in [0.29, 0.717) is 32.5 Å². The SMILES string of the molecule is O=C(O)C1CC1C(=O)NC1(c2ccc(F)cc2F)CCOCC1. The fourth-order valence-corrected chi connectivity index (χ4v) is 3.15. The molecule has 3 rings (SSSR count). The fourth-order valence-electron chi connectivity index (χ4n) is 3.15. The number of carboxylic acids is 1. The smallest absolute Gasteiger partial charge is 0.307 e. The maximum atomic E-state index is 14.2. The summed E-state index contributed by atoms with van der Waals surface area (Å²) >= 11 is 0. The van der Waals surface area contributed by atoms with Gasteiger partial charge < -0.3 is 15.2 Å². The molecule has 0 spiro atoms. The van der Waals surface area contributed by atoms with Gasteiger partial charge in [0, 0.05) is 24.8 Å². The van der Waals surface area contributed by atoms with E-state index in [9.17, 15) is 18.4 Å². The standard InChI is InChI=1S/C16H17F2NO4/c17-9-1-2-12(13(18)7-9)16(3-5-23-6-4-16)19-14(20)10-8-11(10)15(21)22/h1-2,7,10-11H,3-6,8H2,(H,19,20)(H,21,22). The summed E-state index contributed by atoms with van der Waals surface area (Å²) in [4.78, 5) is 23.2. The van der Waals surface area contributed by atoms with Crippen molar-refractivity contribution in [3.05, 3.63) is 35.4 Å². The van der Waals surface area contributed by atoms with Crippen molar-refractivity contribution in [3.8, 4) is 0 Å². The number of benzene rings is 1. The van der Waals surface area contributed by atoms with Crippen molar-refractivity contribution in [1.29, 1.82) is 0 Å². The van der Waals surface area contributed by atoms with Crippen LogP contribution in [0.5, 0.6) is 0 Å². The minimum absolute atomic E-state index is 0.211. The van der Waals surface area contributed by atoms with Gasteiger partial charge >= 0.3 is 5.97 Å². The Hall–Kier alpha value is -2.02. The number of rotatable bonds is 4. The van der Waals surface area contributed by atoms with Gasteiger partial charge in [-0.2, -0.15) is 0 Å². The minimum atomic E-state index is -1.00. The predicted octanol–water partition coefficient (Wildman–Crippen LogP) is 1.81. The zero-order valence-electron chi connectivity index (χ0n) is 12.4. The second-order valence-electron chi connectivity index (χ2n) is 6.09. The molecule has 1 saturated heterocycles. The van der Waals surface area contributed by atoms with Crippen LogP contribution < -0.4 is 5.32 Å². The Labute approximate surface area is 131 Å². The molecule has 2 fully saturated rings. The third-order valence-corrected chi connectivity index (χ3v) is 4.60. The Morgan fingerprint density at radius 3 is 2.48 bits per heavy atom. The van der Waals surface area contributed by atoms with E-state index in [2.05, 4.69) is 5.32 Å². The van der Waals surface area contributed by atoms with Crippen LogP contribution in [0.4, 0.5) is 8.78 Å². The highest BCUT2D eigenvalue weighted by Gasteiger charge is 2.50. The van der Waals surface area contributed by atoms with Gasteiger partial charge in [-0.15, -0.1) is 0 Å². The van der Waals surface area contributed by atoms with Crippen LogP contribution in [-0.4, -0.2) is 30.2 Å². The maximum absolute atomic E-state index is 14.2. The van der Waals surface area contributed by atoms with Crippen molar-refractivity contribution >= 4 is 11.9 Å². The molecule has 2 unspecified atom stereocenters. The number of nitrogens with one attached hydrogen (secondary N) is 1. The maximum Gasteiger partial charge on any atom is 0.307 e. The molecule has 1 aromatic rings. The van der Waals surface area contributed by atoms with E-state index in [1.807, 2.05) is 0 Å². The molecule has 124 valence electrons. The van der Waals surface area contributed by atoms with Crippen molar-refractivity contribution in [2.75, 3.05) is 13.2 Å². The second kappa shape index (κ2) is 5.88. The molecule has 1 aromatic carbocycles. The molecule has 0 radical (unpaired) electrons. The number of hydrogen-bond acceptors (Lipinski definition) is 3. The van der Waals surface area contributed by atoms with Gasteiger partial charge in [-0.25, -0.2) is 8.78 Å². The predicted molar refractivity (Wildman–Crippen MR) is 75.5 cm³/mol. The average Bonchev–Trinajstić information content (AvgIpc) is 3.28. The molecule has 1 saturated carbocycles. The fraction of sp³-hybridized carbons (Fsp3) is 0.500. The van der Waals surface area contributed by atoms with Crippen LogP contribution in [0.1, 0.15) is 24.8 Å². The highest BCUT2D eigenvalue weighted by molar-refractivity contribution is 5.90. The number of carboxylic acid groups (broad SMARTS) is 1. The summed E-state index contributed by atoms with van der Waals surface area (Å²) in [7, 11) is 0. The van der Waals surface area contributed by atoms with Crippen LogP contribution in [0.2, 0.25) is 0 Å². The zero-order valence-corrected chi connectivity index (χ0v) is 12.4. The van der Waals surface area contributed by atoms with Gasteiger partial charge in [-0.05, 0) is 25.3 Å². The van der Waals surface area contributed by atoms with Crippen molar-refractivity contribution in [2.24, 2.45) is 11.8 Å². The van der Waals surface area contributed by atoms with Crippen LogP contribution in [0, 0.1) is 23.5 Å². The Morgan fingerprint density at radius 2 is 1.91 bits per heavy atom. The largest absolute Gasteiger partial charge is 0.481 e. The molecule has 2 aliphatic rings. The lowest BCUT2D eigenvalue weighted by molar-refractivity contribution is -0.140. The number of amides is 1. The zero-order chi connectivity index (χ0) is 16.6. The van der Waals surface area contributed by atoms with Crippen LogP contribution in [0.25, 0.3) is 0 Å². The van der Waals surface area contributed by atoms with Gasteiger partial charge in [-0.1, -0.05) is 6.07 Å². The molecular weight excluding hydrogens is 308 g/mol. The first-order valence-corrected chi connectivity index (χ1v) is 7.51. The quantitative estimate of drug-likeness (QED) is 0.885. The minimum Gasteiger partial charge on any atom is -0.481 e. The van der Waals surface area contributed by atoms with Crippen LogP contribution in [0.15, 0.2) is 18.2 Å². The molecule has 1 aliphatic heterocycles. The third-order valence-electron chi connectivity index (χ3n) is 4.60. The van der Waals surface area contributed by atoms with Crippen LogP contribution in [-0.2, 0) is 19.9 Å². The van der Waals surface area contributed by atoms with E-state index in [1.165, 1.54) is 6.07 Å². The molecule has 2 atom stereocenters. The normalized spacial score (nSPS) is 25.7. The van der Waals surface area contributed by atoms with E-state index < -0.39 is 40.9 Å². The van der Waals surface area contributed by atoms with Gasteiger partial charge in [0.2, 0.25) is 5.91 Å². The van der Waals surface area contributed by atoms with Gasteiger partial charge in [-0.3, -0.25) is 9.59 Å². The van der Waals surface area contributed by atoms with Gasteiger partial charge in [0.1, 0.15) is 11.6 Å². The summed E-state index contributed by atoms with van der Waals surface area (Å²) in [5.74, 6) is -4.08. The lowest BCUT2D eigenvalue weighted by Gasteiger charge is -2.38. The molecule has 0 aromatic heterocycles. The topological polar surface area (TPSA) is 75.6 Å². The van der Waals surface area contributed by atoms with Gasteiger partial charge in [0.05, 0.1) is 17.4 Å². The monoisotopic (exact) mass is 325 g/mol. The number of carbonyl (C=O) groups excluding carboxylic acids is 1. The summed E-state index contributed by atoms with van der Waals surface area (Å²) in [5, 5.41) is 11.7. The summed E-state index contributed by atoms with van der Waals surface area (Å²) in [5.41, 5.74) is -0.776. The molecule has 7 heteroatoms. The molecular formula is C16H17F2NO4. The first-order chi connectivity index (χ1) is 10.9. The number of aliphatic carboxylic acids is 1. The molecule has 23 heavy (non-hydrogen) atoms. The van der Waals surface area contributed by atoms with Crippen molar-refractivity contribution in [2.45, 2.75) is 24.8 Å². The molecule has 5 nitrogen and oxygen atoms in total. The molecule has 1 amide bonds. The summed E-state index contributed by atoms with van der Waals surface area (Å²) < 4.78 is 32.7. The number of halogens is 2. The van der Waals surface area contributed by atoms with Gasteiger partial charge in [0.25, 0.3) is 0 Å². The van der Waals surface area contributed by atoms with E-state index in [1.54, 1.807) is 0 Å². The van der Waals surface area contributed by atoms with Gasteiger partial charge in [0.15, 0.2) is 0 Å². The van der Waals surface area contributed by atoms with Crippen molar-refractivity contribution < 1.29 is 28.2 Å². The lowest BCUT2D eigenvalue weighted by Crippen LogP contribution is -2.50. The number of ether oxygens (including phenoxy) is 1.